The van der Waals surface area contributed by atoms with Crippen molar-refractivity contribution in [2.45, 2.75) is 24.0 Å². The van der Waals surface area contributed by atoms with Gasteiger partial charge in [-0.25, -0.2) is 4.79 Å². The third-order valence-corrected chi connectivity index (χ3v) is 2.67. The molecular weight excluding hydrogens is 168 g/mol. The molecule has 0 bridgehead atoms. The molecule has 0 aromatic rings. The van der Waals surface area contributed by atoms with Gasteiger partial charge in [0.15, 0.2) is 0 Å². The second kappa shape index (κ2) is 2.41. The van der Waals surface area contributed by atoms with E-state index in [0.717, 1.165) is 11.8 Å². The van der Waals surface area contributed by atoms with Crippen LogP contribution in [0.2, 0.25) is 0 Å². The van der Waals surface area contributed by atoms with Gasteiger partial charge >= 0.3 is 11.9 Å². The summed E-state index contributed by atoms with van der Waals surface area (Å²) in [5.41, 5.74) is 0. The number of ether oxygens (including phenoxy) is 1. The molecule has 0 aromatic heterocycles. The molecule has 11 heavy (non-hydrogen) atoms. The van der Waals surface area contributed by atoms with E-state index in [-0.39, 0.29) is 5.25 Å². The molecule has 2 atom stereocenters. The number of carbonyl (C=O) groups excluding carboxylic acids is 1. The molecule has 2 unspecified atom stereocenters. The maximum absolute atomic E-state index is 10.8. The Morgan fingerprint density at radius 1 is 1.82 bits per heavy atom. The van der Waals surface area contributed by atoms with Gasteiger partial charge in [0.2, 0.25) is 0 Å². The van der Waals surface area contributed by atoms with Crippen LogP contribution in [-0.4, -0.2) is 27.2 Å². The summed E-state index contributed by atoms with van der Waals surface area (Å²) in [7, 11) is 0. The van der Waals surface area contributed by atoms with Crippen LogP contribution in [0.15, 0.2) is 0 Å². The first-order valence-electron chi connectivity index (χ1n) is 3.10. The van der Waals surface area contributed by atoms with Gasteiger partial charge in [-0.15, -0.1) is 0 Å². The van der Waals surface area contributed by atoms with E-state index in [1.807, 2.05) is 0 Å². The van der Waals surface area contributed by atoms with Gasteiger partial charge < -0.3 is 9.84 Å². The molecule has 0 spiro atoms. The lowest BCUT2D eigenvalue weighted by Crippen LogP contribution is -2.31. The number of hydrogen-bond acceptors (Lipinski definition) is 4. The van der Waals surface area contributed by atoms with E-state index in [2.05, 4.69) is 4.74 Å². The highest BCUT2D eigenvalue weighted by molar-refractivity contribution is 8.02. The smallest absolute Gasteiger partial charge is 0.358 e. The minimum absolute atomic E-state index is 0.379. The zero-order chi connectivity index (χ0) is 8.65. The summed E-state index contributed by atoms with van der Waals surface area (Å²) in [5, 5.41) is 8.23. The van der Waals surface area contributed by atoms with Crippen LogP contribution < -0.4 is 0 Å². The zero-order valence-electron chi connectivity index (χ0n) is 6.16. The highest BCUT2D eigenvalue weighted by Gasteiger charge is 2.48. The average Bonchev–Trinajstić information content (AvgIpc) is 2.09. The van der Waals surface area contributed by atoms with Gasteiger partial charge in [0, 0.05) is 0 Å². The molecule has 1 saturated heterocycles. The number of esters is 1. The van der Waals surface area contributed by atoms with Crippen LogP contribution in [0.5, 0.6) is 0 Å². The van der Waals surface area contributed by atoms with Crippen molar-refractivity contribution in [1.82, 2.24) is 0 Å². The number of carboxylic acid groups (broad SMARTS) is 1. The highest BCUT2D eigenvalue weighted by atomic mass is 32.2. The summed E-state index contributed by atoms with van der Waals surface area (Å²) in [5.74, 6) is -1.57. The van der Waals surface area contributed by atoms with Crippen molar-refractivity contribution in [1.29, 1.82) is 0 Å². The summed E-state index contributed by atoms with van der Waals surface area (Å²) in [6.45, 7) is 3.00. The predicted octanol–water partition coefficient (Wildman–Crippen LogP) is 0.466. The molecule has 62 valence electrons. The summed E-state index contributed by atoms with van der Waals surface area (Å²) in [4.78, 5) is 19.9. The third kappa shape index (κ3) is 1.33. The Balaban J connectivity index is 2.79. The van der Waals surface area contributed by atoms with Crippen molar-refractivity contribution in [3.63, 3.8) is 0 Å². The Hall–Kier alpha value is -0.710. The summed E-state index contributed by atoms with van der Waals surface area (Å²) in [6.07, 6.45) is 0. The van der Waals surface area contributed by atoms with Crippen molar-refractivity contribution in [2.75, 3.05) is 0 Å². The molecule has 4 nitrogen and oxygen atoms in total. The van der Waals surface area contributed by atoms with Gasteiger partial charge in [0.05, 0.1) is 0 Å². The lowest BCUT2D eigenvalue weighted by molar-refractivity contribution is -0.162. The number of carbonyl (C=O) groups is 2. The third-order valence-electron chi connectivity index (χ3n) is 1.42. The van der Waals surface area contributed by atoms with E-state index in [1.54, 1.807) is 6.92 Å². The second-order valence-corrected chi connectivity index (χ2v) is 4.15. The Morgan fingerprint density at radius 2 is 2.36 bits per heavy atom. The molecule has 0 radical (unpaired) electrons. The Kier molecular flexibility index (Phi) is 1.83. The minimum atomic E-state index is -1.38. The van der Waals surface area contributed by atoms with E-state index in [1.165, 1.54) is 6.92 Å². The maximum atomic E-state index is 10.8. The maximum Gasteiger partial charge on any atom is 0.358 e. The number of aliphatic carboxylic acids is 1. The average molecular weight is 176 g/mol. The monoisotopic (exact) mass is 176 g/mol. The first-order valence-corrected chi connectivity index (χ1v) is 3.98. The Bertz CT molecular complexity index is 213. The van der Waals surface area contributed by atoms with Crippen molar-refractivity contribution >= 4 is 23.7 Å². The van der Waals surface area contributed by atoms with Crippen LogP contribution in [0, 0.1) is 0 Å². The van der Waals surface area contributed by atoms with Crippen molar-refractivity contribution in [3.05, 3.63) is 0 Å². The van der Waals surface area contributed by atoms with Crippen LogP contribution in [0.25, 0.3) is 0 Å². The number of rotatable bonds is 1. The van der Waals surface area contributed by atoms with Crippen LogP contribution in [0.1, 0.15) is 13.8 Å². The van der Waals surface area contributed by atoms with Gasteiger partial charge in [-0.05, 0) is 13.8 Å². The second-order valence-electron chi connectivity index (χ2n) is 2.43. The standard InChI is InChI=1S/C6H8O4S/c1-3-4(7)10-6(2,11-3)5(8)9/h3H,1-2H3,(H,8,9). The quantitative estimate of drug-likeness (QED) is 0.588. The SMILES string of the molecule is CC1SC(C)(C(=O)O)OC1=O. The number of cyclic esters (lactones) is 1. The number of carboxylic acids is 1. The molecule has 0 aliphatic carbocycles. The first kappa shape index (κ1) is 8.39. The molecule has 5 heteroatoms. The predicted molar refractivity (Wildman–Crippen MR) is 39.2 cm³/mol. The molecule has 1 aliphatic rings. The number of hydrogen-bond donors (Lipinski definition) is 1. The van der Waals surface area contributed by atoms with E-state index in [4.69, 9.17) is 5.11 Å². The topological polar surface area (TPSA) is 63.6 Å². The molecule has 0 aromatic carbocycles. The fraction of sp³-hybridized carbons (Fsp3) is 0.667. The van der Waals surface area contributed by atoms with E-state index < -0.39 is 16.9 Å². The lowest BCUT2D eigenvalue weighted by Gasteiger charge is -2.14. The summed E-state index contributed by atoms with van der Waals surface area (Å²) >= 11 is 1.01. The van der Waals surface area contributed by atoms with Crippen LogP contribution in [-0.2, 0) is 14.3 Å². The lowest BCUT2D eigenvalue weighted by atomic mass is 10.4. The van der Waals surface area contributed by atoms with Crippen LogP contribution in [0.4, 0.5) is 0 Å². The van der Waals surface area contributed by atoms with Gasteiger partial charge in [0.25, 0.3) is 4.93 Å². The summed E-state index contributed by atoms with van der Waals surface area (Å²) in [6, 6.07) is 0. The van der Waals surface area contributed by atoms with Crippen molar-refractivity contribution in [3.8, 4) is 0 Å². The van der Waals surface area contributed by atoms with Crippen LogP contribution >= 0.6 is 11.8 Å². The van der Waals surface area contributed by atoms with Gasteiger partial charge in [-0.1, -0.05) is 11.8 Å². The molecule has 1 heterocycles. The van der Waals surface area contributed by atoms with E-state index in [0.29, 0.717) is 0 Å². The molecule has 1 fully saturated rings. The highest BCUT2D eigenvalue weighted by Crippen LogP contribution is 2.38. The molecular formula is C6H8O4S. The molecule has 1 rings (SSSR count). The fourth-order valence-corrected chi connectivity index (χ4v) is 1.83. The van der Waals surface area contributed by atoms with Gasteiger partial charge in [-0.3, -0.25) is 4.79 Å². The summed E-state index contributed by atoms with van der Waals surface area (Å²) < 4.78 is 4.65. The van der Waals surface area contributed by atoms with Crippen molar-refractivity contribution in [2.24, 2.45) is 0 Å². The van der Waals surface area contributed by atoms with Crippen LogP contribution in [0.3, 0.4) is 0 Å². The zero-order valence-corrected chi connectivity index (χ0v) is 6.97. The minimum Gasteiger partial charge on any atom is -0.478 e. The fourth-order valence-electron chi connectivity index (χ4n) is 0.779. The molecule has 1 aliphatic heterocycles. The van der Waals surface area contributed by atoms with Crippen molar-refractivity contribution < 1.29 is 19.4 Å². The Morgan fingerprint density at radius 3 is 2.55 bits per heavy atom. The molecule has 0 amide bonds. The Labute approximate surface area is 67.9 Å². The largest absolute Gasteiger partial charge is 0.478 e. The molecule has 1 N–H and O–H groups in total. The van der Waals surface area contributed by atoms with E-state index >= 15 is 0 Å². The van der Waals surface area contributed by atoms with Gasteiger partial charge in [0.1, 0.15) is 5.25 Å². The number of thioether (sulfide) groups is 1. The molecule has 0 saturated carbocycles. The first-order chi connectivity index (χ1) is 4.96. The van der Waals surface area contributed by atoms with Gasteiger partial charge in [-0.2, -0.15) is 0 Å². The normalized spacial score (nSPS) is 36.9. The van der Waals surface area contributed by atoms with E-state index in [9.17, 15) is 9.59 Å².